The van der Waals surface area contributed by atoms with Crippen LogP contribution in [0.1, 0.15) is 29.7 Å². The molecule has 5 heteroatoms. The highest BCUT2D eigenvalue weighted by Crippen LogP contribution is 2.21. The van der Waals surface area contributed by atoms with Gasteiger partial charge in [-0.05, 0) is 61.9 Å². The van der Waals surface area contributed by atoms with Crippen molar-refractivity contribution in [1.82, 2.24) is 9.78 Å². The summed E-state index contributed by atoms with van der Waals surface area (Å²) in [5, 5.41) is 7.43. The van der Waals surface area contributed by atoms with Crippen molar-refractivity contribution in [2.45, 2.75) is 39.2 Å². The first-order valence-corrected chi connectivity index (χ1v) is 8.02. The van der Waals surface area contributed by atoms with Gasteiger partial charge in [-0.2, -0.15) is 5.10 Å². The van der Waals surface area contributed by atoms with Crippen LogP contribution in [0.4, 0.5) is 5.69 Å². The molecule has 0 atom stereocenters. The van der Waals surface area contributed by atoms with E-state index in [0.29, 0.717) is 0 Å². The number of halogens is 1. The third-order valence-electron chi connectivity index (χ3n) is 3.78. The second kappa shape index (κ2) is 6.02. The monoisotopic (exact) mass is 347 g/mol. The largest absolute Gasteiger partial charge is 0.324 e. The summed E-state index contributed by atoms with van der Waals surface area (Å²) in [5.41, 5.74) is 4.38. The number of aryl methyl sites for hydroxylation is 3. The second-order valence-electron chi connectivity index (χ2n) is 5.52. The predicted molar refractivity (Wildman–Crippen MR) is 86.4 cm³/mol. The molecule has 0 bridgehead atoms. The standard InChI is InChI=1S/C16H18BrN3O/c1-11-8-13(6-7-14(11)17)18-16(21)10-20-9-12-4-2-3-5-15(12)19-20/h6-9H,2-5,10H2,1H3,(H,18,21). The fourth-order valence-corrected chi connectivity index (χ4v) is 2.93. The number of hydrogen-bond donors (Lipinski definition) is 1. The summed E-state index contributed by atoms with van der Waals surface area (Å²) in [7, 11) is 0. The van der Waals surface area contributed by atoms with E-state index in [1.807, 2.05) is 31.3 Å². The molecule has 1 N–H and O–H groups in total. The van der Waals surface area contributed by atoms with E-state index in [4.69, 9.17) is 0 Å². The number of amides is 1. The van der Waals surface area contributed by atoms with Gasteiger partial charge in [-0.1, -0.05) is 15.9 Å². The molecule has 1 amide bonds. The lowest BCUT2D eigenvalue weighted by molar-refractivity contribution is -0.116. The zero-order valence-electron chi connectivity index (χ0n) is 12.0. The van der Waals surface area contributed by atoms with E-state index in [1.165, 1.54) is 18.4 Å². The second-order valence-corrected chi connectivity index (χ2v) is 6.37. The molecule has 1 aliphatic carbocycles. The van der Waals surface area contributed by atoms with Gasteiger partial charge in [-0.3, -0.25) is 9.48 Å². The van der Waals surface area contributed by atoms with E-state index in [0.717, 1.165) is 34.3 Å². The average molecular weight is 348 g/mol. The zero-order chi connectivity index (χ0) is 14.8. The Hall–Kier alpha value is -1.62. The Morgan fingerprint density at radius 2 is 2.19 bits per heavy atom. The molecule has 0 fully saturated rings. The smallest absolute Gasteiger partial charge is 0.246 e. The minimum atomic E-state index is -0.0448. The Kier molecular flexibility index (Phi) is 4.10. The quantitative estimate of drug-likeness (QED) is 0.923. The van der Waals surface area contributed by atoms with Crippen LogP contribution in [0.25, 0.3) is 0 Å². The van der Waals surface area contributed by atoms with Gasteiger partial charge >= 0.3 is 0 Å². The fraction of sp³-hybridized carbons (Fsp3) is 0.375. The van der Waals surface area contributed by atoms with E-state index in [-0.39, 0.29) is 12.5 Å². The van der Waals surface area contributed by atoms with E-state index in [1.54, 1.807) is 4.68 Å². The highest BCUT2D eigenvalue weighted by molar-refractivity contribution is 9.10. The average Bonchev–Trinajstić information content (AvgIpc) is 2.84. The molecular formula is C16H18BrN3O. The fourth-order valence-electron chi connectivity index (χ4n) is 2.68. The Morgan fingerprint density at radius 3 is 2.95 bits per heavy atom. The number of nitrogens with zero attached hydrogens (tertiary/aromatic N) is 2. The number of carbonyl (C=O) groups excluding carboxylic acids is 1. The summed E-state index contributed by atoms with van der Waals surface area (Å²) in [6.07, 6.45) is 6.57. The molecule has 0 unspecified atom stereocenters. The lowest BCUT2D eigenvalue weighted by Gasteiger charge is -2.07. The number of rotatable bonds is 3. The van der Waals surface area contributed by atoms with Crippen LogP contribution in [0.2, 0.25) is 0 Å². The Bertz CT molecular complexity index is 655. The third kappa shape index (κ3) is 3.35. The van der Waals surface area contributed by atoms with Crippen LogP contribution in [-0.4, -0.2) is 15.7 Å². The number of fused-ring (bicyclic) bond motifs is 1. The SMILES string of the molecule is Cc1cc(NC(=O)Cn2cc3c(n2)CCCC3)ccc1Br. The minimum Gasteiger partial charge on any atom is -0.324 e. The lowest BCUT2D eigenvalue weighted by Crippen LogP contribution is -2.19. The normalized spacial score (nSPS) is 13.8. The maximum atomic E-state index is 12.1. The summed E-state index contributed by atoms with van der Waals surface area (Å²) in [6.45, 7) is 2.27. The third-order valence-corrected chi connectivity index (χ3v) is 4.67. The highest BCUT2D eigenvalue weighted by Gasteiger charge is 2.14. The number of carbonyl (C=O) groups is 1. The van der Waals surface area contributed by atoms with Crippen LogP contribution in [-0.2, 0) is 24.2 Å². The Balaban J connectivity index is 1.66. The highest BCUT2D eigenvalue weighted by atomic mass is 79.9. The van der Waals surface area contributed by atoms with Gasteiger partial charge in [-0.15, -0.1) is 0 Å². The summed E-state index contributed by atoms with van der Waals surface area (Å²) < 4.78 is 2.80. The molecular weight excluding hydrogens is 330 g/mol. The van der Waals surface area contributed by atoms with Crippen molar-refractivity contribution in [3.8, 4) is 0 Å². The number of anilines is 1. The first kappa shape index (κ1) is 14.3. The van der Waals surface area contributed by atoms with Crippen LogP contribution in [0.15, 0.2) is 28.9 Å². The molecule has 0 saturated heterocycles. The van der Waals surface area contributed by atoms with Gasteiger partial charge in [0.2, 0.25) is 5.91 Å². The molecule has 0 aliphatic heterocycles. The lowest BCUT2D eigenvalue weighted by atomic mass is 9.99. The van der Waals surface area contributed by atoms with Gasteiger partial charge < -0.3 is 5.32 Å². The molecule has 1 aromatic heterocycles. The van der Waals surface area contributed by atoms with Gasteiger partial charge in [0.05, 0.1) is 5.69 Å². The summed E-state index contributed by atoms with van der Waals surface area (Å²) in [5.74, 6) is -0.0448. The number of aromatic nitrogens is 2. The van der Waals surface area contributed by atoms with Crippen molar-refractivity contribution in [1.29, 1.82) is 0 Å². The van der Waals surface area contributed by atoms with E-state index in [2.05, 4.69) is 26.3 Å². The molecule has 4 nitrogen and oxygen atoms in total. The van der Waals surface area contributed by atoms with Gasteiger partial charge in [0.1, 0.15) is 6.54 Å². The van der Waals surface area contributed by atoms with Crippen molar-refractivity contribution in [3.05, 3.63) is 45.7 Å². The van der Waals surface area contributed by atoms with Crippen LogP contribution < -0.4 is 5.32 Å². The Labute approximate surface area is 132 Å². The maximum Gasteiger partial charge on any atom is 0.246 e. The van der Waals surface area contributed by atoms with E-state index in [9.17, 15) is 4.79 Å². The topological polar surface area (TPSA) is 46.9 Å². The molecule has 21 heavy (non-hydrogen) atoms. The molecule has 0 spiro atoms. The predicted octanol–water partition coefficient (Wildman–Crippen LogP) is 3.47. The van der Waals surface area contributed by atoms with Gasteiger partial charge in [-0.25, -0.2) is 0 Å². The number of nitrogens with one attached hydrogen (secondary N) is 1. The Morgan fingerprint density at radius 1 is 1.38 bits per heavy atom. The first-order chi connectivity index (χ1) is 10.1. The molecule has 0 radical (unpaired) electrons. The minimum absolute atomic E-state index is 0.0448. The molecule has 0 saturated carbocycles. The van der Waals surface area contributed by atoms with Crippen molar-refractivity contribution < 1.29 is 4.79 Å². The van der Waals surface area contributed by atoms with Crippen molar-refractivity contribution >= 4 is 27.5 Å². The van der Waals surface area contributed by atoms with Crippen LogP contribution >= 0.6 is 15.9 Å². The van der Waals surface area contributed by atoms with E-state index >= 15 is 0 Å². The van der Waals surface area contributed by atoms with Crippen molar-refractivity contribution in [3.63, 3.8) is 0 Å². The van der Waals surface area contributed by atoms with E-state index < -0.39 is 0 Å². The molecule has 1 heterocycles. The van der Waals surface area contributed by atoms with Crippen LogP contribution in [0, 0.1) is 6.92 Å². The molecule has 2 aromatic rings. The summed E-state index contributed by atoms with van der Waals surface area (Å²) in [6, 6.07) is 5.79. The molecule has 1 aromatic carbocycles. The molecule has 1 aliphatic rings. The van der Waals surface area contributed by atoms with Crippen molar-refractivity contribution in [2.75, 3.05) is 5.32 Å². The number of hydrogen-bond acceptors (Lipinski definition) is 2. The number of benzene rings is 1. The van der Waals surface area contributed by atoms with Gasteiger partial charge in [0.15, 0.2) is 0 Å². The van der Waals surface area contributed by atoms with Gasteiger partial charge in [0.25, 0.3) is 0 Å². The van der Waals surface area contributed by atoms with Crippen molar-refractivity contribution in [2.24, 2.45) is 0 Å². The van der Waals surface area contributed by atoms with Crippen LogP contribution in [0.3, 0.4) is 0 Å². The molecule has 110 valence electrons. The summed E-state index contributed by atoms with van der Waals surface area (Å²) in [4.78, 5) is 12.1. The summed E-state index contributed by atoms with van der Waals surface area (Å²) >= 11 is 3.45. The first-order valence-electron chi connectivity index (χ1n) is 7.23. The van der Waals surface area contributed by atoms with Gasteiger partial charge in [0, 0.05) is 16.4 Å². The zero-order valence-corrected chi connectivity index (χ0v) is 13.6. The molecule has 3 rings (SSSR count). The van der Waals surface area contributed by atoms with Crippen LogP contribution in [0.5, 0.6) is 0 Å². The maximum absolute atomic E-state index is 12.1.